The van der Waals surface area contributed by atoms with Crippen LogP contribution >= 0.6 is 0 Å². The number of amides is 2. The van der Waals surface area contributed by atoms with Gasteiger partial charge in [-0.25, -0.2) is 0 Å². The largest absolute Gasteiger partial charge is 0.325 e. The number of anilines is 2. The van der Waals surface area contributed by atoms with Crippen LogP contribution in [0.15, 0.2) is 66.7 Å². The van der Waals surface area contributed by atoms with Crippen molar-refractivity contribution in [1.29, 1.82) is 0 Å². The normalized spacial score (nSPS) is 14.9. The fourth-order valence-corrected chi connectivity index (χ4v) is 3.83. The summed E-state index contributed by atoms with van der Waals surface area (Å²) >= 11 is 0. The molecule has 5 nitrogen and oxygen atoms in total. The van der Waals surface area contributed by atoms with Crippen molar-refractivity contribution >= 4 is 34.0 Å². The van der Waals surface area contributed by atoms with Crippen LogP contribution in [0, 0.1) is 0 Å². The maximum Gasteiger partial charge on any atom is 0.238 e. The van der Waals surface area contributed by atoms with E-state index in [0.717, 1.165) is 24.3 Å². The summed E-state index contributed by atoms with van der Waals surface area (Å²) in [6.07, 6.45) is 1.51. The van der Waals surface area contributed by atoms with Gasteiger partial charge >= 0.3 is 0 Å². The summed E-state index contributed by atoms with van der Waals surface area (Å²) in [5.41, 5.74) is 2.79. The van der Waals surface area contributed by atoms with E-state index in [9.17, 15) is 9.59 Å². The van der Waals surface area contributed by atoms with Gasteiger partial charge in [0.1, 0.15) is 0 Å². The Morgan fingerprint density at radius 3 is 2.55 bits per heavy atom. The van der Waals surface area contributed by atoms with E-state index in [2.05, 4.69) is 41.8 Å². The quantitative estimate of drug-likeness (QED) is 0.664. The lowest BCUT2D eigenvalue weighted by Gasteiger charge is -2.17. The topological polar surface area (TPSA) is 61.4 Å². The number of nitrogens with zero attached hydrogens (tertiary/aromatic N) is 1. The van der Waals surface area contributed by atoms with Crippen molar-refractivity contribution in [3.8, 4) is 0 Å². The molecule has 5 heteroatoms. The predicted octanol–water partition coefficient (Wildman–Crippen LogP) is 4.26. The zero-order valence-electron chi connectivity index (χ0n) is 16.5. The van der Waals surface area contributed by atoms with Crippen molar-refractivity contribution in [3.63, 3.8) is 0 Å². The highest BCUT2D eigenvalue weighted by Gasteiger charge is 2.21. The van der Waals surface area contributed by atoms with Gasteiger partial charge in [0, 0.05) is 30.4 Å². The molecular weight excluding hydrogens is 362 g/mol. The van der Waals surface area contributed by atoms with Crippen molar-refractivity contribution in [2.75, 3.05) is 23.3 Å². The molecule has 1 heterocycles. The Balaban J connectivity index is 1.34. The van der Waals surface area contributed by atoms with Gasteiger partial charge in [0.2, 0.25) is 11.8 Å². The van der Waals surface area contributed by atoms with E-state index in [0.29, 0.717) is 6.42 Å². The van der Waals surface area contributed by atoms with Crippen molar-refractivity contribution in [1.82, 2.24) is 5.32 Å². The third-order valence-electron chi connectivity index (χ3n) is 5.39. The smallest absolute Gasteiger partial charge is 0.238 e. The number of carbonyl (C=O) groups excluding carboxylic acids is 2. The Morgan fingerprint density at radius 1 is 1.03 bits per heavy atom. The highest BCUT2D eigenvalue weighted by molar-refractivity contribution is 5.96. The third-order valence-corrected chi connectivity index (χ3v) is 5.39. The molecule has 1 saturated heterocycles. The molecule has 0 unspecified atom stereocenters. The molecule has 29 heavy (non-hydrogen) atoms. The van der Waals surface area contributed by atoms with Gasteiger partial charge in [-0.2, -0.15) is 0 Å². The van der Waals surface area contributed by atoms with Crippen LogP contribution in [-0.2, 0) is 9.59 Å². The van der Waals surface area contributed by atoms with Crippen LogP contribution in [-0.4, -0.2) is 24.9 Å². The first-order chi connectivity index (χ1) is 14.1. The second-order valence-corrected chi connectivity index (χ2v) is 7.41. The molecule has 3 aromatic rings. The molecule has 3 aromatic carbocycles. The zero-order valence-corrected chi connectivity index (χ0v) is 16.5. The number of benzene rings is 3. The Kier molecular flexibility index (Phi) is 5.58. The number of fused-ring (bicyclic) bond motifs is 1. The van der Waals surface area contributed by atoms with E-state index in [1.54, 1.807) is 4.90 Å². The molecular formula is C24H25N3O2. The molecule has 4 rings (SSSR count). The maximum absolute atomic E-state index is 12.4. The molecule has 0 spiro atoms. The van der Waals surface area contributed by atoms with Gasteiger partial charge in [-0.3, -0.25) is 9.59 Å². The van der Waals surface area contributed by atoms with Crippen LogP contribution in [0.25, 0.3) is 10.8 Å². The Hall–Kier alpha value is -3.18. The lowest BCUT2D eigenvalue weighted by molar-refractivity contribution is -0.117. The molecule has 1 atom stereocenters. The van der Waals surface area contributed by atoms with Crippen LogP contribution in [0.4, 0.5) is 11.4 Å². The van der Waals surface area contributed by atoms with Crippen LogP contribution in [0.1, 0.15) is 31.4 Å². The van der Waals surface area contributed by atoms with E-state index < -0.39 is 0 Å². The molecule has 2 N–H and O–H groups in total. The van der Waals surface area contributed by atoms with E-state index in [4.69, 9.17) is 0 Å². The Labute approximate surface area is 170 Å². The van der Waals surface area contributed by atoms with Crippen LogP contribution in [0.3, 0.4) is 0 Å². The summed E-state index contributed by atoms with van der Waals surface area (Å²) in [5, 5.41) is 8.61. The number of hydrogen-bond donors (Lipinski definition) is 2. The molecule has 0 saturated carbocycles. The van der Waals surface area contributed by atoms with Crippen molar-refractivity contribution in [2.45, 2.75) is 25.8 Å². The minimum atomic E-state index is -0.0953. The molecule has 1 aliphatic rings. The lowest BCUT2D eigenvalue weighted by Crippen LogP contribution is -2.30. The summed E-state index contributed by atoms with van der Waals surface area (Å²) in [4.78, 5) is 26.0. The summed E-state index contributed by atoms with van der Waals surface area (Å²) in [6.45, 7) is 3.05. The first kappa shape index (κ1) is 19.2. The maximum atomic E-state index is 12.4. The molecule has 2 amide bonds. The van der Waals surface area contributed by atoms with Crippen molar-refractivity contribution in [3.05, 3.63) is 72.3 Å². The fourth-order valence-electron chi connectivity index (χ4n) is 3.83. The average molecular weight is 387 g/mol. The summed E-state index contributed by atoms with van der Waals surface area (Å²) in [6, 6.07) is 22.0. The molecule has 0 radical (unpaired) electrons. The van der Waals surface area contributed by atoms with Gasteiger partial charge in [-0.1, -0.05) is 42.5 Å². The molecule has 0 bridgehead atoms. The number of hydrogen-bond acceptors (Lipinski definition) is 3. The van der Waals surface area contributed by atoms with E-state index in [1.807, 2.05) is 42.5 Å². The molecule has 0 aliphatic carbocycles. The van der Waals surface area contributed by atoms with Gasteiger partial charge in [0.25, 0.3) is 0 Å². The van der Waals surface area contributed by atoms with E-state index in [1.165, 1.54) is 16.3 Å². The lowest BCUT2D eigenvalue weighted by atomic mass is 10.00. The molecule has 1 fully saturated rings. The summed E-state index contributed by atoms with van der Waals surface area (Å²) in [5.74, 6) is 0.0653. The Bertz CT molecular complexity index is 1020. The summed E-state index contributed by atoms with van der Waals surface area (Å²) in [7, 11) is 0. The van der Waals surface area contributed by atoms with Gasteiger partial charge in [-0.05, 0) is 53.9 Å². The third kappa shape index (κ3) is 4.30. The van der Waals surface area contributed by atoms with E-state index >= 15 is 0 Å². The van der Waals surface area contributed by atoms with E-state index in [-0.39, 0.29) is 24.4 Å². The monoisotopic (exact) mass is 387 g/mol. The molecule has 0 aromatic heterocycles. The number of nitrogens with one attached hydrogen (secondary N) is 2. The predicted molar refractivity (Wildman–Crippen MR) is 117 cm³/mol. The molecule has 148 valence electrons. The van der Waals surface area contributed by atoms with Gasteiger partial charge < -0.3 is 15.5 Å². The minimum Gasteiger partial charge on any atom is -0.325 e. The minimum absolute atomic E-state index is 0.0513. The number of rotatable bonds is 6. The molecule has 1 aliphatic heterocycles. The Morgan fingerprint density at radius 2 is 1.79 bits per heavy atom. The average Bonchev–Trinajstić information content (AvgIpc) is 3.18. The fraction of sp³-hybridized carbons (Fsp3) is 0.250. The van der Waals surface area contributed by atoms with Crippen LogP contribution in [0.2, 0.25) is 0 Å². The highest BCUT2D eigenvalue weighted by Crippen LogP contribution is 2.24. The van der Waals surface area contributed by atoms with Crippen molar-refractivity contribution in [2.24, 2.45) is 0 Å². The van der Waals surface area contributed by atoms with Gasteiger partial charge in [0.05, 0.1) is 6.54 Å². The van der Waals surface area contributed by atoms with Gasteiger partial charge in [0.15, 0.2) is 0 Å². The standard InChI is InChI=1S/C24H25N3O2/c1-17(21-9-4-7-18-6-2-3-8-22(18)21)25-16-23(28)26-19-11-13-20(14-12-19)27-15-5-10-24(27)29/h2-4,6-9,11-14,17,25H,5,10,15-16H2,1H3,(H,26,28)/t17-/m0/s1. The second-order valence-electron chi connectivity index (χ2n) is 7.41. The van der Waals surface area contributed by atoms with Crippen LogP contribution < -0.4 is 15.5 Å². The summed E-state index contributed by atoms with van der Waals surface area (Å²) < 4.78 is 0. The highest BCUT2D eigenvalue weighted by atomic mass is 16.2. The second kappa shape index (κ2) is 8.45. The van der Waals surface area contributed by atoms with Crippen LogP contribution in [0.5, 0.6) is 0 Å². The number of carbonyl (C=O) groups is 2. The first-order valence-electron chi connectivity index (χ1n) is 10.0. The van der Waals surface area contributed by atoms with Crippen molar-refractivity contribution < 1.29 is 9.59 Å². The zero-order chi connectivity index (χ0) is 20.2. The SMILES string of the molecule is C[C@H](NCC(=O)Nc1ccc(N2CCCC2=O)cc1)c1cccc2ccccc12. The van der Waals surface area contributed by atoms with Gasteiger partial charge in [-0.15, -0.1) is 0 Å². The first-order valence-corrected chi connectivity index (χ1v) is 10.0.